The molecule has 1 aromatic rings. The first kappa shape index (κ1) is 17.0. The molecule has 1 heterocycles. The van der Waals surface area contributed by atoms with E-state index in [-0.39, 0.29) is 21.0 Å². The Morgan fingerprint density at radius 3 is 2.76 bits per heavy atom. The molecule has 0 amide bonds. The van der Waals surface area contributed by atoms with Crippen LogP contribution in [0.15, 0.2) is 20.0 Å². The normalized spacial score (nSPS) is 21.8. The maximum Gasteiger partial charge on any atom is 0.245 e. The van der Waals surface area contributed by atoms with Crippen molar-refractivity contribution >= 4 is 26.0 Å². The maximum atomic E-state index is 12.5. The molecule has 1 unspecified atom stereocenters. The molecule has 1 saturated carbocycles. The minimum absolute atomic E-state index is 0.00372. The molecule has 1 atom stereocenters. The van der Waals surface area contributed by atoms with Gasteiger partial charge in [-0.25, -0.2) is 13.1 Å². The van der Waals surface area contributed by atoms with Gasteiger partial charge in [-0.05, 0) is 47.2 Å². The number of hydrogen-bond acceptors (Lipinski definition) is 4. The molecule has 7 heteroatoms. The Morgan fingerprint density at radius 1 is 1.48 bits per heavy atom. The summed E-state index contributed by atoms with van der Waals surface area (Å²) in [5, 5.41) is 3.11. The van der Waals surface area contributed by atoms with Gasteiger partial charge >= 0.3 is 0 Å². The van der Waals surface area contributed by atoms with Gasteiger partial charge in [-0.15, -0.1) is 0 Å². The van der Waals surface area contributed by atoms with E-state index in [9.17, 15) is 8.42 Å². The van der Waals surface area contributed by atoms with Gasteiger partial charge in [-0.3, -0.25) is 0 Å². The van der Waals surface area contributed by atoms with Crippen LogP contribution in [-0.2, 0) is 16.6 Å². The predicted molar refractivity (Wildman–Crippen MR) is 85.5 cm³/mol. The molecular weight excluding hydrogens is 356 g/mol. The Bertz CT molecular complexity index is 595. The third-order valence-corrected chi connectivity index (χ3v) is 6.21. The summed E-state index contributed by atoms with van der Waals surface area (Å²) in [6.07, 6.45) is 2.79. The van der Waals surface area contributed by atoms with Crippen LogP contribution in [0.4, 0.5) is 0 Å². The van der Waals surface area contributed by atoms with Gasteiger partial charge in [0.1, 0.15) is 10.7 Å². The monoisotopic (exact) mass is 378 g/mol. The molecule has 0 aliphatic heterocycles. The fraction of sp³-hybridized carbons (Fsp3) is 0.714. The molecule has 1 aromatic heterocycles. The molecule has 5 nitrogen and oxygen atoms in total. The highest BCUT2D eigenvalue weighted by Crippen LogP contribution is 2.38. The molecule has 0 aromatic carbocycles. The van der Waals surface area contributed by atoms with Gasteiger partial charge in [0.25, 0.3) is 0 Å². The zero-order valence-electron chi connectivity index (χ0n) is 12.7. The van der Waals surface area contributed by atoms with Gasteiger partial charge in [0.2, 0.25) is 10.0 Å². The Balaban J connectivity index is 2.11. The van der Waals surface area contributed by atoms with Crippen molar-refractivity contribution in [2.24, 2.45) is 5.41 Å². The highest BCUT2D eigenvalue weighted by molar-refractivity contribution is 9.10. The van der Waals surface area contributed by atoms with E-state index in [1.807, 2.05) is 6.92 Å². The maximum absolute atomic E-state index is 12.5. The van der Waals surface area contributed by atoms with E-state index in [0.717, 1.165) is 25.8 Å². The molecule has 2 rings (SSSR count). The lowest BCUT2D eigenvalue weighted by Gasteiger charge is -2.17. The van der Waals surface area contributed by atoms with E-state index < -0.39 is 10.0 Å². The average molecular weight is 379 g/mol. The van der Waals surface area contributed by atoms with E-state index in [0.29, 0.717) is 12.3 Å². The van der Waals surface area contributed by atoms with E-state index in [2.05, 4.69) is 39.8 Å². The van der Waals surface area contributed by atoms with Gasteiger partial charge in [0.05, 0.1) is 6.54 Å². The van der Waals surface area contributed by atoms with Crippen molar-refractivity contribution in [3.05, 3.63) is 16.5 Å². The summed E-state index contributed by atoms with van der Waals surface area (Å²) in [4.78, 5) is 0.181. The molecule has 0 radical (unpaired) electrons. The number of sulfonamides is 1. The molecular formula is C14H23BrN2O3S. The molecule has 1 aliphatic rings. The van der Waals surface area contributed by atoms with Crippen LogP contribution in [0.25, 0.3) is 0 Å². The summed E-state index contributed by atoms with van der Waals surface area (Å²) in [7, 11) is -3.55. The second-order valence-corrected chi connectivity index (χ2v) is 8.76. The van der Waals surface area contributed by atoms with Gasteiger partial charge in [-0.2, -0.15) is 0 Å². The van der Waals surface area contributed by atoms with Crippen LogP contribution in [0.2, 0.25) is 0 Å². The third kappa shape index (κ3) is 4.31. The number of halogens is 1. The molecule has 0 saturated heterocycles. The van der Waals surface area contributed by atoms with Crippen molar-refractivity contribution in [1.29, 1.82) is 0 Å². The van der Waals surface area contributed by atoms with E-state index in [4.69, 9.17) is 4.42 Å². The smallest absolute Gasteiger partial charge is 0.245 e. The van der Waals surface area contributed by atoms with Gasteiger partial charge in [0, 0.05) is 12.1 Å². The molecule has 0 spiro atoms. The SMILES string of the molecule is CCNCc1cc(S(=O)(=O)NC2CCC(C)(C)C2)c(Br)o1. The lowest BCUT2D eigenvalue weighted by Crippen LogP contribution is -2.33. The Kier molecular flexibility index (Phi) is 5.18. The summed E-state index contributed by atoms with van der Waals surface area (Å²) in [5.41, 5.74) is 0.205. The van der Waals surface area contributed by atoms with Crippen molar-refractivity contribution in [2.75, 3.05) is 6.54 Å². The molecule has 0 bridgehead atoms. The molecule has 1 fully saturated rings. The largest absolute Gasteiger partial charge is 0.452 e. The van der Waals surface area contributed by atoms with E-state index in [1.165, 1.54) is 0 Å². The first-order valence-electron chi connectivity index (χ1n) is 7.25. The average Bonchev–Trinajstić information content (AvgIpc) is 2.89. The van der Waals surface area contributed by atoms with Crippen molar-refractivity contribution in [3.8, 4) is 0 Å². The fourth-order valence-electron chi connectivity index (χ4n) is 2.74. The molecule has 1 aliphatic carbocycles. The van der Waals surface area contributed by atoms with Crippen LogP contribution in [0.1, 0.15) is 45.8 Å². The van der Waals surface area contributed by atoms with E-state index in [1.54, 1.807) is 6.07 Å². The lowest BCUT2D eigenvalue weighted by atomic mass is 9.92. The predicted octanol–water partition coefficient (Wildman–Crippen LogP) is 3.01. The fourth-order valence-corrected chi connectivity index (χ4v) is 5.00. The second-order valence-electron chi connectivity index (χ2n) is 6.36. The minimum Gasteiger partial charge on any atom is -0.452 e. The van der Waals surface area contributed by atoms with Crippen LogP contribution >= 0.6 is 15.9 Å². The van der Waals surface area contributed by atoms with Crippen molar-refractivity contribution in [2.45, 2.75) is 57.5 Å². The van der Waals surface area contributed by atoms with Gasteiger partial charge in [-0.1, -0.05) is 20.8 Å². The van der Waals surface area contributed by atoms with Crippen LogP contribution in [-0.4, -0.2) is 21.0 Å². The summed E-state index contributed by atoms with van der Waals surface area (Å²) < 4.78 is 33.5. The van der Waals surface area contributed by atoms with Crippen LogP contribution < -0.4 is 10.0 Å². The zero-order chi connectivity index (χ0) is 15.7. The van der Waals surface area contributed by atoms with Crippen molar-refractivity contribution in [3.63, 3.8) is 0 Å². The number of furan rings is 1. The van der Waals surface area contributed by atoms with Crippen LogP contribution in [0, 0.1) is 5.41 Å². The summed E-state index contributed by atoms with van der Waals surface area (Å²) >= 11 is 3.20. The number of rotatable bonds is 6. The van der Waals surface area contributed by atoms with Crippen LogP contribution in [0.5, 0.6) is 0 Å². The quantitative estimate of drug-likeness (QED) is 0.797. The van der Waals surface area contributed by atoms with Crippen molar-refractivity contribution in [1.82, 2.24) is 10.0 Å². The Hall–Kier alpha value is -0.370. The Labute approximate surface area is 135 Å². The molecule has 2 N–H and O–H groups in total. The van der Waals surface area contributed by atoms with E-state index >= 15 is 0 Å². The molecule has 21 heavy (non-hydrogen) atoms. The number of nitrogens with one attached hydrogen (secondary N) is 2. The first-order chi connectivity index (χ1) is 9.73. The third-order valence-electron chi connectivity index (χ3n) is 3.84. The van der Waals surface area contributed by atoms with Crippen molar-refractivity contribution < 1.29 is 12.8 Å². The number of hydrogen-bond donors (Lipinski definition) is 2. The highest BCUT2D eigenvalue weighted by Gasteiger charge is 2.34. The van der Waals surface area contributed by atoms with Gasteiger partial charge in [0.15, 0.2) is 4.67 Å². The first-order valence-corrected chi connectivity index (χ1v) is 9.52. The zero-order valence-corrected chi connectivity index (χ0v) is 15.1. The lowest BCUT2D eigenvalue weighted by molar-refractivity contribution is 0.372. The van der Waals surface area contributed by atoms with Crippen LogP contribution in [0.3, 0.4) is 0 Å². The summed E-state index contributed by atoms with van der Waals surface area (Å²) in [6, 6.07) is 1.58. The topological polar surface area (TPSA) is 71.3 Å². The second kappa shape index (κ2) is 6.40. The standard InChI is InChI=1S/C14H23BrN2O3S/c1-4-16-9-11-7-12(13(15)20-11)21(18,19)17-10-5-6-14(2,3)8-10/h7,10,16-17H,4-6,8-9H2,1-3H3. The summed E-state index contributed by atoms with van der Waals surface area (Å²) in [6.45, 7) is 7.64. The minimum atomic E-state index is -3.55. The molecule has 120 valence electrons. The highest BCUT2D eigenvalue weighted by atomic mass is 79.9. The Morgan fingerprint density at radius 2 is 2.19 bits per heavy atom. The van der Waals surface area contributed by atoms with Gasteiger partial charge < -0.3 is 9.73 Å². The summed E-state index contributed by atoms with van der Waals surface area (Å²) in [5.74, 6) is 0.607.